The number of nitrogens with two attached hydrogens (primary N) is 1. The van der Waals surface area contributed by atoms with E-state index in [-0.39, 0.29) is 18.0 Å². The Morgan fingerprint density at radius 3 is 2.53 bits per heavy atom. The van der Waals surface area contributed by atoms with Crippen LogP contribution in [0.25, 0.3) is 0 Å². The molecule has 208 valence electrons. The van der Waals surface area contributed by atoms with E-state index in [0.29, 0.717) is 31.7 Å². The Morgan fingerprint density at radius 1 is 1.13 bits per heavy atom. The minimum absolute atomic E-state index is 0.0311. The van der Waals surface area contributed by atoms with E-state index >= 15 is 8.78 Å². The lowest BCUT2D eigenvalue weighted by molar-refractivity contribution is -0.149. The summed E-state index contributed by atoms with van der Waals surface area (Å²) in [7, 11) is 0. The molecule has 38 heavy (non-hydrogen) atoms. The molecule has 6 nitrogen and oxygen atoms in total. The third kappa shape index (κ3) is 6.42. The average Bonchev–Trinajstić information content (AvgIpc) is 2.87. The van der Waals surface area contributed by atoms with Crippen molar-refractivity contribution >= 4 is 11.8 Å². The van der Waals surface area contributed by atoms with E-state index in [1.165, 1.54) is 29.2 Å². The molecule has 1 aromatic carbocycles. The molecule has 0 saturated carbocycles. The second-order valence-electron chi connectivity index (χ2n) is 11.3. The van der Waals surface area contributed by atoms with Gasteiger partial charge in [-0.15, -0.1) is 0 Å². The first-order valence-corrected chi connectivity index (χ1v) is 13.5. The van der Waals surface area contributed by atoms with Crippen molar-refractivity contribution < 1.29 is 27.5 Å². The van der Waals surface area contributed by atoms with Gasteiger partial charge < -0.3 is 20.3 Å². The first-order chi connectivity index (χ1) is 18.0. The quantitative estimate of drug-likeness (QED) is 0.536. The molecule has 1 aliphatic carbocycles. The average molecular weight is 534 g/mol. The van der Waals surface area contributed by atoms with Gasteiger partial charge in [0, 0.05) is 19.2 Å². The Hall–Kier alpha value is -2.81. The first kappa shape index (κ1) is 28.2. The number of alkyl halides is 2. The van der Waals surface area contributed by atoms with Gasteiger partial charge in [0.05, 0.1) is 12.5 Å². The molecule has 9 heteroatoms. The number of benzene rings is 1. The van der Waals surface area contributed by atoms with Gasteiger partial charge in [-0.25, -0.2) is 13.2 Å². The van der Waals surface area contributed by atoms with E-state index in [4.69, 9.17) is 10.5 Å². The smallest absolute Gasteiger partial charge is 0.265 e. The molecule has 3 atom stereocenters. The Balaban J connectivity index is 1.42. The van der Waals surface area contributed by atoms with Gasteiger partial charge in [0.2, 0.25) is 11.6 Å². The monoisotopic (exact) mass is 533 g/mol. The van der Waals surface area contributed by atoms with Crippen LogP contribution in [0.5, 0.6) is 5.75 Å². The molecule has 0 radical (unpaired) electrons. The van der Waals surface area contributed by atoms with Crippen molar-refractivity contribution in [2.24, 2.45) is 11.7 Å². The van der Waals surface area contributed by atoms with Crippen LogP contribution in [0.15, 0.2) is 42.5 Å². The van der Waals surface area contributed by atoms with Gasteiger partial charge in [0.25, 0.3) is 5.91 Å². The molecule has 2 N–H and O–H groups in total. The molecule has 0 aromatic heterocycles. The van der Waals surface area contributed by atoms with E-state index in [9.17, 15) is 14.0 Å². The van der Waals surface area contributed by atoms with E-state index in [1.54, 1.807) is 26.0 Å². The predicted octanol–water partition coefficient (Wildman–Crippen LogP) is 4.45. The van der Waals surface area contributed by atoms with Crippen LogP contribution in [0.1, 0.15) is 57.4 Å². The molecule has 2 unspecified atom stereocenters. The molecule has 2 saturated heterocycles. The number of nitrogens with zero attached hydrogens (tertiary/aromatic N) is 2. The van der Waals surface area contributed by atoms with Gasteiger partial charge in [-0.2, -0.15) is 0 Å². The summed E-state index contributed by atoms with van der Waals surface area (Å²) in [5.74, 6) is -2.82. The van der Waals surface area contributed by atoms with E-state index in [1.807, 2.05) is 0 Å². The zero-order chi connectivity index (χ0) is 27.5. The summed E-state index contributed by atoms with van der Waals surface area (Å²) >= 11 is 0. The SMILES string of the molecule is CC(C)(F)CN1CCC(COc2ccc(C3C=CC=CC3(F)C(=O)N3CCCC[C@@H]3C(N)=O)c(F)c2)CC1. The molecule has 2 fully saturated rings. The lowest BCUT2D eigenvalue weighted by Crippen LogP contribution is -2.57. The molecule has 2 aliphatic heterocycles. The molecule has 0 bridgehead atoms. The van der Waals surface area contributed by atoms with Crippen LogP contribution in [0.2, 0.25) is 0 Å². The number of allylic oxidation sites excluding steroid dienone is 3. The van der Waals surface area contributed by atoms with Gasteiger partial charge in [-0.05, 0) is 82.7 Å². The third-order valence-electron chi connectivity index (χ3n) is 7.73. The summed E-state index contributed by atoms with van der Waals surface area (Å²) < 4.78 is 51.5. The number of primary amides is 1. The maximum atomic E-state index is 16.4. The number of rotatable bonds is 8. The van der Waals surface area contributed by atoms with Crippen LogP contribution in [0.4, 0.5) is 13.2 Å². The summed E-state index contributed by atoms with van der Waals surface area (Å²) in [5.41, 5.74) is 1.74. The van der Waals surface area contributed by atoms with E-state index < -0.39 is 40.9 Å². The number of piperidine rings is 2. The summed E-state index contributed by atoms with van der Waals surface area (Å²) in [6.07, 6.45) is 9.08. The Kier molecular flexibility index (Phi) is 8.55. The fourth-order valence-electron chi connectivity index (χ4n) is 5.75. The molecule has 2 heterocycles. The standard InChI is InChI=1S/C29H38F3N3O3/c1-28(2,31)19-34-15-11-20(12-16-34)18-38-21-9-10-22(24(30)17-21)23-7-3-5-13-29(23,32)27(37)35-14-6-4-8-25(35)26(33)36/h3,5,7,9-10,13,17,20,23,25H,4,6,8,11-12,14-16,18-19H2,1-2H3,(H2,33,36)/t23?,25-,29?/m1/s1. The van der Waals surface area contributed by atoms with Crippen molar-refractivity contribution in [1.82, 2.24) is 9.80 Å². The Morgan fingerprint density at radius 2 is 1.87 bits per heavy atom. The Bertz CT molecular complexity index is 1080. The number of carbonyl (C=O) groups is 2. The fraction of sp³-hybridized carbons (Fsp3) is 0.586. The normalized spacial score (nSPS) is 26.9. The van der Waals surface area contributed by atoms with Gasteiger partial charge in [0.15, 0.2) is 0 Å². The van der Waals surface area contributed by atoms with Gasteiger partial charge in [-0.3, -0.25) is 9.59 Å². The second-order valence-corrected chi connectivity index (χ2v) is 11.3. The number of halogens is 3. The summed E-state index contributed by atoms with van der Waals surface area (Å²) in [5, 5.41) is 0. The van der Waals surface area contributed by atoms with Gasteiger partial charge >= 0.3 is 0 Å². The minimum Gasteiger partial charge on any atom is -0.493 e. The molecular formula is C29H38F3N3O3. The molecule has 1 aromatic rings. The maximum Gasteiger partial charge on any atom is 0.265 e. The highest BCUT2D eigenvalue weighted by atomic mass is 19.1. The third-order valence-corrected chi connectivity index (χ3v) is 7.73. The number of hydrogen-bond donors (Lipinski definition) is 1. The number of hydrogen-bond acceptors (Lipinski definition) is 4. The van der Waals surface area contributed by atoms with Crippen LogP contribution in [-0.2, 0) is 9.59 Å². The highest BCUT2D eigenvalue weighted by molar-refractivity contribution is 5.94. The van der Waals surface area contributed by atoms with Gasteiger partial charge in [-0.1, -0.05) is 24.3 Å². The molecule has 4 rings (SSSR count). The lowest BCUT2D eigenvalue weighted by Gasteiger charge is -2.40. The number of ether oxygens (including phenoxy) is 1. The van der Waals surface area contributed by atoms with Crippen molar-refractivity contribution in [3.05, 3.63) is 53.9 Å². The fourth-order valence-corrected chi connectivity index (χ4v) is 5.75. The highest BCUT2D eigenvalue weighted by Crippen LogP contribution is 2.41. The molecule has 2 amide bonds. The first-order valence-electron chi connectivity index (χ1n) is 13.5. The van der Waals surface area contributed by atoms with Gasteiger partial charge in [0.1, 0.15) is 23.3 Å². The molecular weight excluding hydrogens is 495 g/mol. The van der Waals surface area contributed by atoms with Crippen molar-refractivity contribution in [2.45, 2.75) is 69.2 Å². The van der Waals surface area contributed by atoms with Crippen LogP contribution in [0.3, 0.4) is 0 Å². The minimum atomic E-state index is -2.55. The van der Waals surface area contributed by atoms with Crippen molar-refractivity contribution in [1.29, 1.82) is 0 Å². The zero-order valence-corrected chi connectivity index (χ0v) is 22.2. The molecule has 0 spiro atoms. The van der Waals surface area contributed by atoms with E-state index in [2.05, 4.69) is 4.90 Å². The zero-order valence-electron chi connectivity index (χ0n) is 22.2. The van der Waals surface area contributed by atoms with E-state index in [0.717, 1.165) is 38.4 Å². The number of amides is 2. The van der Waals surface area contributed by atoms with Crippen molar-refractivity contribution in [3.8, 4) is 5.75 Å². The number of likely N-dealkylation sites (tertiary alicyclic amines) is 2. The topological polar surface area (TPSA) is 75.9 Å². The van der Waals surface area contributed by atoms with Crippen molar-refractivity contribution in [3.63, 3.8) is 0 Å². The number of carbonyl (C=O) groups excluding carboxylic acids is 2. The van der Waals surface area contributed by atoms with Crippen LogP contribution in [0, 0.1) is 11.7 Å². The van der Waals surface area contributed by atoms with Crippen LogP contribution >= 0.6 is 0 Å². The lowest BCUT2D eigenvalue weighted by atomic mass is 9.78. The summed E-state index contributed by atoms with van der Waals surface area (Å²) in [4.78, 5) is 28.7. The second kappa shape index (κ2) is 11.5. The van der Waals surface area contributed by atoms with Crippen LogP contribution < -0.4 is 10.5 Å². The van der Waals surface area contributed by atoms with Crippen LogP contribution in [-0.4, -0.2) is 71.8 Å². The highest BCUT2D eigenvalue weighted by Gasteiger charge is 2.50. The Labute approximate surface area is 222 Å². The largest absolute Gasteiger partial charge is 0.493 e. The van der Waals surface area contributed by atoms with Crippen molar-refractivity contribution in [2.75, 3.05) is 32.8 Å². The summed E-state index contributed by atoms with van der Waals surface area (Å²) in [6, 6.07) is 3.39. The molecule has 3 aliphatic rings. The maximum absolute atomic E-state index is 16.4. The summed E-state index contributed by atoms with van der Waals surface area (Å²) in [6.45, 7) is 5.77. The predicted molar refractivity (Wildman–Crippen MR) is 140 cm³/mol.